The second-order valence-electron chi connectivity index (χ2n) is 8.63. The summed E-state index contributed by atoms with van der Waals surface area (Å²) in [6.45, 7) is 0. The fourth-order valence-corrected chi connectivity index (χ4v) is 6.02. The van der Waals surface area contributed by atoms with Crippen molar-refractivity contribution >= 4 is 5.91 Å². The standard InChI is InChI=1S/C20H24FNO3/c21-15-2-4-16-12(7-15)1-3-17(25-16)19(23)22-18-13-5-11-6-14(18)10-20(24,8-11)9-13/h2,4,7,11,13-14,17-18,24H,1,3,5-6,8-10H2,(H,22,23)/t11?,13-,14+,17-,18+,20+/m1/s1. The van der Waals surface area contributed by atoms with E-state index in [2.05, 4.69) is 5.32 Å². The molecule has 4 bridgehead atoms. The summed E-state index contributed by atoms with van der Waals surface area (Å²) in [7, 11) is 0. The van der Waals surface area contributed by atoms with Gasteiger partial charge in [-0.15, -0.1) is 0 Å². The molecule has 4 aliphatic carbocycles. The Morgan fingerprint density at radius 1 is 1.24 bits per heavy atom. The summed E-state index contributed by atoms with van der Waals surface area (Å²) in [5, 5.41) is 13.9. The zero-order valence-electron chi connectivity index (χ0n) is 14.2. The predicted molar refractivity (Wildman–Crippen MR) is 89.6 cm³/mol. The number of carbonyl (C=O) groups excluding carboxylic acids is 1. The monoisotopic (exact) mass is 345 g/mol. The van der Waals surface area contributed by atoms with E-state index in [0.29, 0.717) is 36.3 Å². The molecule has 0 radical (unpaired) electrons. The molecule has 5 aliphatic rings. The van der Waals surface area contributed by atoms with Crippen molar-refractivity contribution in [1.82, 2.24) is 5.32 Å². The van der Waals surface area contributed by atoms with Crippen molar-refractivity contribution in [2.24, 2.45) is 17.8 Å². The molecular formula is C20H24FNO3. The largest absolute Gasteiger partial charge is 0.480 e. The quantitative estimate of drug-likeness (QED) is 0.866. The number of fused-ring (bicyclic) bond motifs is 1. The molecule has 25 heavy (non-hydrogen) atoms. The highest BCUT2D eigenvalue weighted by Crippen LogP contribution is 2.55. The summed E-state index contributed by atoms with van der Waals surface area (Å²) in [6, 6.07) is 4.64. The van der Waals surface area contributed by atoms with E-state index in [-0.39, 0.29) is 17.8 Å². The highest BCUT2D eigenvalue weighted by atomic mass is 19.1. The van der Waals surface area contributed by atoms with Gasteiger partial charge in [-0.2, -0.15) is 0 Å². The first-order valence-electron chi connectivity index (χ1n) is 9.47. The molecule has 5 heteroatoms. The van der Waals surface area contributed by atoms with Gasteiger partial charge in [0.1, 0.15) is 11.6 Å². The maximum absolute atomic E-state index is 13.3. The van der Waals surface area contributed by atoms with Gasteiger partial charge in [0.25, 0.3) is 5.91 Å². The molecule has 0 spiro atoms. The minimum Gasteiger partial charge on any atom is -0.480 e. The molecule has 2 N–H and O–H groups in total. The van der Waals surface area contributed by atoms with Crippen LogP contribution in [0, 0.1) is 23.6 Å². The normalized spacial score (nSPS) is 41.1. The van der Waals surface area contributed by atoms with Gasteiger partial charge in [-0.3, -0.25) is 4.79 Å². The molecule has 1 amide bonds. The minimum absolute atomic E-state index is 0.0561. The lowest BCUT2D eigenvalue weighted by molar-refractivity contribution is -0.149. The van der Waals surface area contributed by atoms with Crippen LogP contribution in [0.1, 0.15) is 44.1 Å². The van der Waals surface area contributed by atoms with Crippen molar-refractivity contribution in [3.05, 3.63) is 29.6 Å². The minimum atomic E-state index is -0.502. The Hall–Kier alpha value is -1.62. The fourth-order valence-electron chi connectivity index (χ4n) is 6.02. The summed E-state index contributed by atoms with van der Waals surface area (Å²) in [6.07, 6.45) is 5.56. The molecule has 6 rings (SSSR count). The van der Waals surface area contributed by atoms with Gasteiger partial charge in [-0.05, 0) is 86.5 Å². The van der Waals surface area contributed by atoms with Crippen LogP contribution in [0.5, 0.6) is 5.75 Å². The number of aliphatic hydroxyl groups is 1. The third-order valence-corrected chi connectivity index (χ3v) is 6.81. The molecule has 4 saturated carbocycles. The van der Waals surface area contributed by atoms with Gasteiger partial charge in [0.2, 0.25) is 0 Å². The Morgan fingerprint density at radius 2 is 2.00 bits per heavy atom. The van der Waals surface area contributed by atoms with E-state index < -0.39 is 11.7 Å². The predicted octanol–water partition coefficient (Wildman–Crippen LogP) is 2.58. The summed E-state index contributed by atoms with van der Waals surface area (Å²) in [4.78, 5) is 12.8. The van der Waals surface area contributed by atoms with Crippen LogP contribution >= 0.6 is 0 Å². The van der Waals surface area contributed by atoms with E-state index in [1.165, 1.54) is 12.1 Å². The van der Waals surface area contributed by atoms with Crippen molar-refractivity contribution in [3.63, 3.8) is 0 Å². The number of rotatable bonds is 2. The number of nitrogens with one attached hydrogen (secondary N) is 1. The number of hydrogen-bond acceptors (Lipinski definition) is 3. The van der Waals surface area contributed by atoms with Crippen LogP contribution in [0.2, 0.25) is 0 Å². The van der Waals surface area contributed by atoms with Crippen molar-refractivity contribution in [2.45, 2.75) is 62.7 Å². The van der Waals surface area contributed by atoms with E-state index >= 15 is 0 Å². The smallest absolute Gasteiger partial charge is 0.261 e. The summed E-state index contributed by atoms with van der Waals surface area (Å²) < 4.78 is 19.1. The molecule has 0 aromatic heterocycles. The van der Waals surface area contributed by atoms with Gasteiger partial charge < -0.3 is 15.2 Å². The first-order valence-corrected chi connectivity index (χ1v) is 9.47. The van der Waals surface area contributed by atoms with Crippen molar-refractivity contribution in [1.29, 1.82) is 0 Å². The Bertz CT molecular complexity index is 705. The van der Waals surface area contributed by atoms with Crippen LogP contribution in [0.4, 0.5) is 4.39 Å². The van der Waals surface area contributed by atoms with Crippen molar-refractivity contribution < 1.29 is 19.0 Å². The van der Waals surface area contributed by atoms with Crippen LogP contribution in [0.25, 0.3) is 0 Å². The molecule has 1 unspecified atom stereocenters. The molecule has 1 aliphatic heterocycles. The maximum Gasteiger partial charge on any atom is 0.261 e. The molecule has 1 aromatic carbocycles. The lowest BCUT2D eigenvalue weighted by Crippen LogP contribution is -2.62. The highest BCUT2D eigenvalue weighted by Gasteiger charge is 2.55. The van der Waals surface area contributed by atoms with Gasteiger partial charge >= 0.3 is 0 Å². The molecule has 1 heterocycles. The van der Waals surface area contributed by atoms with E-state index in [0.717, 1.165) is 37.7 Å². The van der Waals surface area contributed by atoms with Gasteiger partial charge in [0.15, 0.2) is 6.10 Å². The number of hydrogen-bond donors (Lipinski definition) is 2. The van der Waals surface area contributed by atoms with E-state index in [4.69, 9.17) is 4.74 Å². The van der Waals surface area contributed by atoms with Crippen LogP contribution in [0.3, 0.4) is 0 Å². The zero-order valence-corrected chi connectivity index (χ0v) is 14.2. The third kappa shape index (κ3) is 2.64. The number of carbonyl (C=O) groups is 1. The van der Waals surface area contributed by atoms with Gasteiger partial charge in [-0.1, -0.05) is 0 Å². The second kappa shape index (κ2) is 5.44. The molecule has 134 valence electrons. The second-order valence-corrected chi connectivity index (χ2v) is 8.63. The molecular weight excluding hydrogens is 321 g/mol. The molecule has 4 nitrogen and oxygen atoms in total. The van der Waals surface area contributed by atoms with Crippen LogP contribution < -0.4 is 10.1 Å². The topological polar surface area (TPSA) is 58.6 Å². The van der Waals surface area contributed by atoms with Gasteiger partial charge in [0, 0.05) is 6.04 Å². The van der Waals surface area contributed by atoms with E-state index in [9.17, 15) is 14.3 Å². The molecule has 1 aromatic rings. The van der Waals surface area contributed by atoms with Crippen LogP contribution in [0.15, 0.2) is 18.2 Å². The summed E-state index contributed by atoms with van der Waals surface area (Å²) in [5.74, 6) is 1.71. The van der Waals surface area contributed by atoms with Crippen LogP contribution in [-0.2, 0) is 11.2 Å². The lowest BCUT2D eigenvalue weighted by atomic mass is 9.52. The SMILES string of the molecule is O=C(N[C@H]1[C@@H]2CC3C[C@H]1C[C@](O)(C3)C2)[C@H]1CCc2cc(F)ccc2O1. The Morgan fingerprint density at radius 3 is 2.72 bits per heavy atom. The average molecular weight is 345 g/mol. The highest BCUT2D eigenvalue weighted by molar-refractivity contribution is 5.82. The van der Waals surface area contributed by atoms with E-state index in [1.807, 2.05) is 0 Å². The van der Waals surface area contributed by atoms with E-state index in [1.54, 1.807) is 6.07 Å². The first kappa shape index (κ1) is 15.6. The van der Waals surface area contributed by atoms with Crippen LogP contribution in [-0.4, -0.2) is 28.8 Å². The maximum atomic E-state index is 13.3. The average Bonchev–Trinajstić information content (AvgIpc) is 2.56. The number of ether oxygens (including phenoxy) is 1. The summed E-state index contributed by atoms with van der Waals surface area (Å²) in [5.41, 5.74) is 0.350. The Balaban J connectivity index is 1.28. The number of amides is 1. The molecule has 4 fully saturated rings. The molecule has 6 atom stereocenters. The fraction of sp³-hybridized carbons (Fsp3) is 0.650. The van der Waals surface area contributed by atoms with Gasteiger partial charge in [0.05, 0.1) is 5.60 Å². The van der Waals surface area contributed by atoms with Crippen molar-refractivity contribution in [2.75, 3.05) is 0 Å². The third-order valence-electron chi connectivity index (χ3n) is 6.81. The lowest BCUT2D eigenvalue weighted by Gasteiger charge is -2.58. The zero-order chi connectivity index (χ0) is 17.2. The Labute approximate surface area is 146 Å². The number of halogens is 1. The first-order chi connectivity index (χ1) is 12.0. The molecule has 0 saturated heterocycles. The number of benzene rings is 1. The summed E-state index contributed by atoms with van der Waals surface area (Å²) >= 11 is 0. The number of aryl methyl sites for hydroxylation is 1. The van der Waals surface area contributed by atoms with Crippen molar-refractivity contribution in [3.8, 4) is 5.75 Å². The van der Waals surface area contributed by atoms with Gasteiger partial charge in [-0.25, -0.2) is 4.39 Å². The Kier molecular flexibility index (Phi) is 3.40.